The zero-order valence-corrected chi connectivity index (χ0v) is 10.6. The number of hydrogen-bond donors (Lipinski definition) is 0. The first kappa shape index (κ1) is 17.4. The van der Waals surface area contributed by atoms with Crippen LogP contribution in [0.5, 0.6) is 5.75 Å². The van der Waals surface area contributed by atoms with Gasteiger partial charge in [0.15, 0.2) is 11.6 Å². The molecular weight excluding hydrogens is 331 g/mol. The first-order valence-electron chi connectivity index (χ1n) is 5.11. The Morgan fingerprint density at radius 3 is 2.24 bits per heavy atom. The van der Waals surface area contributed by atoms with Crippen LogP contribution >= 0.6 is 11.6 Å². The van der Waals surface area contributed by atoms with Crippen LogP contribution in [0.1, 0.15) is 5.56 Å². The van der Waals surface area contributed by atoms with Gasteiger partial charge >= 0.3 is 12.3 Å². The van der Waals surface area contributed by atoms with E-state index in [1.54, 1.807) is 6.07 Å². The Hall–Kier alpha value is -1.69. The van der Waals surface area contributed by atoms with Gasteiger partial charge in [0.25, 0.3) is 6.17 Å². The molecular formula is C11H5ClF7NO. The second-order valence-electron chi connectivity index (χ2n) is 3.79. The van der Waals surface area contributed by atoms with E-state index in [0.29, 0.717) is 6.07 Å². The third-order valence-electron chi connectivity index (χ3n) is 2.16. The van der Waals surface area contributed by atoms with Crippen LogP contribution in [0.4, 0.5) is 30.7 Å². The van der Waals surface area contributed by atoms with Gasteiger partial charge in [-0.2, -0.15) is 27.2 Å². The monoisotopic (exact) mass is 335 g/mol. The maximum absolute atomic E-state index is 13.5. The quantitative estimate of drug-likeness (QED) is 0.763. The molecule has 1 aromatic rings. The number of hydrogen-bond acceptors (Lipinski definition) is 2. The molecule has 0 saturated carbocycles. The number of ether oxygens (including phenoxy) is 1. The zero-order valence-electron chi connectivity index (χ0n) is 9.82. The summed E-state index contributed by atoms with van der Waals surface area (Å²) in [5, 5.41) is 7.57. The Morgan fingerprint density at radius 1 is 1.24 bits per heavy atom. The minimum Gasteiger partial charge on any atom is -0.425 e. The number of halogens is 8. The summed E-state index contributed by atoms with van der Waals surface area (Å²) in [7, 11) is 0. The number of alkyl halides is 6. The summed E-state index contributed by atoms with van der Waals surface area (Å²) in [6, 6.07) is 3.04. The van der Waals surface area contributed by atoms with Crippen LogP contribution in [-0.2, 0) is 6.42 Å². The van der Waals surface area contributed by atoms with E-state index in [2.05, 4.69) is 4.74 Å². The Kier molecular flexibility index (Phi) is 4.94. The molecule has 1 unspecified atom stereocenters. The summed E-state index contributed by atoms with van der Waals surface area (Å²) in [5.74, 6) is -2.97. The number of rotatable bonds is 4. The van der Waals surface area contributed by atoms with Crippen molar-refractivity contribution < 1.29 is 35.5 Å². The average Bonchev–Trinajstić information content (AvgIpc) is 2.32. The van der Waals surface area contributed by atoms with Crippen molar-refractivity contribution in [2.75, 3.05) is 0 Å². The van der Waals surface area contributed by atoms with E-state index in [0.717, 1.165) is 6.07 Å². The van der Waals surface area contributed by atoms with Crippen molar-refractivity contribution in [2.24, 2.45) is 0 Å². The molecule has 0 amide bonds. The van der Waals surface area contributed by atoms with Gasteiger partial charge in [0.05, 0.1) is 17.5 Å². The molecule has 10 heteroatoms. The van der Waals surface area contributed by atoms with Gasteiger partial charge in [-0.3, -0.25) is 0 Å². The van der Waals surface area contributed by atoms with Crippen LogP contribution < -0.4 is 4.74 Å². The van der Waals surface area contributed by atoms with Crippen molar-refractivity contribution in [2.45, 2.75) is 24.9 Å². The summed E-state index contributed by atoms with van der Waals surface area (Å²) in [6.07, 6.45) is -16.2. The van der Waals surface area contributed by atoms with Crippen molar-refractivity contribution in [3.8, 4) is 11.8 Å². The van der Waals surface area contributed by atoms with E-state index in [-0.39, 0.29) is 12.0 Å². The molecule has 1 rings (SSSR count). The normalized spacial score (nSPS) is 13.7. The van der Waals surface area contributed by atoms with Gasteiger partial charge in [-0.05, 0) is 17.7 Å². The van der Waals surface area contributed by atoms with Crippen LogP contribution in [-0.4, -0.2) is 18.5 Å². The molecule has 116 valence electrons. The van der Waals surface area contributed by atoms with Crippen LogP contribution in [0, 0.1) is 17.1 Å². The average molecular weight is 336 g/mol. The van der Waals surface area contributed by atoms with E-state index >= 15 is 0 Å². The lowest BCUT2D eigenvalue weighted by molar-refractivity contribution is -0.305. The number of nitrogens with zero attached hydrogens (tertiary/aromatic N) is 1. The van der Waals surface area contributed by atoms with Crippen molar-refractivity contribution in [3.63, 3.8) is 0 Å². The van der Waals surface area contributed by atoms with E-state index < -0.39 is 35.0 Å². The summed E-state index contributed by atoms with van der Waals surface area (Å²) < 4.78 is 91.3. The van der Waals surface area contributed by atoms with Gasteiger partial charge in [0.1, 0.15) is 0 Å². The highest BCUT2D eigenvalue weighted by molar-refractivity contribution is 6.32. The lowest BCUT2D eigenvalue weighted by Gasteiger charge is -2.23. The maximum atomic E-state index is 13.5. The Morgan fingerprint density at radius 2 is 1.81 bits per heavy atom. The SMILES string of the molecule is N#CCc1cc(F)c(OC(F)(F)C(F)C(F)(F)F)c(Cl)c1. The van der Waals surface area contributed by atoms with Crippen LogP contribution in [0.25, 0.3) is 0 Å². The summed E-state index contributed by atoms with van der Waals surface area (Å²) >= 11 is 5.38. The molecule has 1 aromatic carbocycles. The van der Waals surface area contributed by atoms with Gasteiger partial charge in [-0.15, -0.1) is 0 Å². The van der Waals surface area contributed by atoms with E-state index in [1.165, 1.54) is 0 Å². The smallest absolute Gasteiger partial charge is 0.425 e. The first-order chi connectivity index (χ1) is 9.49. The number of benzene rings is 1. The van der Waals surface area contributed by atoms with Gasteiger partial charge in [-0.1, -0.05) is 11.6 Å². The summed E-state index contributed by atoms with van der Waals surface area (Å²) in [5.41, 5.74) is -0.0108. The van der Waals surface area contributed by atoms with Crippen molar-refractivity contribution in [1.82, 2.24) is 0 Å². The molecule has 2 nitrogen and oxygen atoms in total. The van der Waals surface area contributed by atoms with Gasteiger partial charge < -0.3 is 4.74 Å². The minimum atomic E-state index is -5.90. The Labute approximate surface area is 118 Å². The molecule has 0 fully saturated rings. The highest BCUT2D eigenvalue weighted by Crippen LogP contribution is 2.39. The second-order valence-corrected chi connectivity index (χ2v) is 4.20. The van der Waals surface area contributed by atoms with Crippen molar-refractivity contribution in [1.29, 1.82) is 5.26 Å². The molecule has 0 aliphatic carbocycles. The second kappa shape index (κ2) is 5.97. The predicted octanol–water partition coefficient (Wildman–Crippen LogP) is 4.42. The molecule has 0 aromatic heterocycles. The maximum Gasteiger partial charge on any atom is 0.439 e. The number of nitriles is 1. The standard InChI is InChI=1S/C11H5ClF7NO/c12-6-3-5(1-2-20)4-7(13)8(6)21-11(18,19)9(14)10(15,16)17/h3-4,9H,1H2. The summed E-state index contributed by atoms with van der Waals surface area (Å²) in [4.78, 5) is 0. The molecule has 0 spiro atoms. The van der Waals surface area contributed by atoms with Crippen LogP contribution in [0.15, 0.2) is 12.1 Å². The fourth-order valence-corrected chi connectivity index (χ4v) is 1.55. The largest absolute Gasteiger partial charge is 0.439 e. The first-order valence-corrected chi connectivity index (χ1v) is 5.49. The third kappa shape index (κ3) is 4.14. The summed E-state index contributed by atoms with van der Waals surface area (Å²) in [6.45, 7) is 0. The zero-order chi connectivity index (χ0) is 16.4. The predicted molar refractivity (Wildman–Crippen MR) is 57.3 cm³/mol. The molecule has 21 heavy (non-hydrogen) atoms. The topological polar surface area (TPSA) is 33.0 Å². The molecule has 0 saturated heterocycles. The molecule has 0 heterocycles. The van der Waals surface area contributed by atoms with E-state index in [1.807, 2.05) is 0 Å². The molecule has 0 N–H and O–H groups in total. The van der Waals surface area contributed by atoms with Gasteiger partial charge in [-0.25, -0.2) is 8.78 Å². The molecule has 0 radical (unpaired) electrons. The fraction of sp³-hybridized carbons (Fsp3) is 0.364. The third-order valence-corrected chi connectivity index (χ3v) is 2.44. The highest BCUT2D eigenvalue weighted by Gasteiger charge is 2.59. The molecule has 0 aliphatic heterocycles. The van der Waals surface area contributed by atoms with Crippen molar-refractivity contribution >= 4 is 11.6 Å². The highest BCUT2D eigenvalue weighted by atomic mass is 35.5. The fourth-order valence-electron chi connectivity index (χ4n) is 1.28. The van der Waals surface area contributed by atoms with Crippen LogP contribution in [0.2, 0.25) is 5.02 Å². The molecule has 0 aliphatic rings. The lowest BCUT2D eigenvalue weighted by atomic mass is 10.1. The lowest BCUT2D eigenvalue weighted by Crippen LogP contribution is -2.45. The van der Waals surface area contributed by atoms with Crippen molar-refractivity contribution in [3.05, 3.63) is 28.5 Å². The Bertz CT molecular complexity index is 544. The molecule has 0 bridgehead atoms. The molecule has 1 atom stereocenters. The Balaban J connectivity index is 3.11. The van der Waals surface area contributed by atoms with Crippen LogP contribution in [0.3, 0.4) is 0 Å². The van der Waals surface area contributed by atoms with Gasteiger partial charge in [0.2, 0.25) is 0 Å². The van der Waals surface area contributed by atoms with E-state index in [9.17, 15) is 30.7 Å². The van der Waals surface area contributed by atoms with E-state index in [4.69, 9.17) is 16.9 Å². The van der Waals surface area contributed by atoms with Gasteiger partial charge in [0, 0.05) is 0 Å². The minimum absolute atomic E-state index is 0.0108.